The number of benzene rings is 1. The summed E-state index contributed by atoms with van der Waals surface area (Å²) in [6.07, 6.45) is 1.03. The molecule has 6 nitrogen and oxygen atoms in total. The Morgan fingerprint density at radius 2 is 2.13 bits per heavy atom. The minimum atomic E-state index is -0.915. The number of ether oxygens (including phenoxy) is 1. The largest absolute Gasteiger partial charge is 0.491 e. The van der Waals surface area contributed by atoms with E-state index in [1.165, 1.54) is 0 Å². The SMILES string of the molecule is Cc1cccc(OCC(O)CNC(=O)CC2(C(=O)O)CCC2)c1. The lowest BCUT2D eigenvalue weighted by Crippen LogP contribution is -2.44. The molecule has 1 unspecified atom stereocenters. The van der Waals surface area contributed by atoms with E-state index in [1.54, 1.807) is 6.07 Å². The average molecular weight is 321 g/mol. The molecule has 1 fully saturated rings. The summed E-state index contributed by atoms with van der Waals surface area (Å²) >= 11 is 0. The quantitative estimate of drug-likeness (QED) is 0.674. The molecule has 0 spiro atoms. The van der Waals surface area contributed by atoms with Gasteiger partial charge in [-0.3, -0.25) is 9.59 Å². The zero-order valence-corrected chi connectivity index (χ0v) is 13.2. The van der Waals surface area contributed by atoms with Crippen LogP contribution in [0.4, 0.5) is 0 Å². The van der Waals surface area contributed by atoms with Gasteiger partial charge in [-0.2, -0.15) is 0 Å². The van der Waals surface area contributed by atoms with Crippen LogP contribution in [0.1, 0.15) is 31.2 Å². The van der Waals surface area contributed by atoms with Crippen LogP contribution in [0, 0.1) is 12.3 Å². The first-order chi connectivity index (χ1) is 10.9. The normalized spacial score (nSPS) is 17.0. The molecule has 2 rings (SSSR count). The van der Waals surface area contributed by atoms with Crippen molar-refractivity contribution in [3.05, 3.63) is 29.8 Å². The van der Waals surface area contributed by atoms with Crippen LogP contribution in [-0.4, -0.2) is 41.3 Å². The van der Waals surface area contributed by atoms with Gasteiger partial charge in [0.1, 0.15) is 18.5 Å². The van der Waals surface area contributed by atoms with E-state index in [0.29, 0.717) is 18.6 Å². The van der Waals surface area contributed by atoms with Crippen molar-refractivity contribution >= 4 is 11.9 Å². The zero-order valence-electron chi connectivity index (χ0n) is 13.2. The number of hydrogen-bond acceptors (Lipinski definition) is 4. The van der Waals surface area contributed by atoms with Crippen molar-refractivity contribution < 1.29 is 24.5 Å². The number of carbonyl (C=O) groups is 2. The molecule has 0 bridgehead atoms. The van der Waals surface area contributed by atoms with E-state index in [1.807, 2.05) is 25.1 Å². The van der Waals surface area contributed by atoms with Crippen molar-refractivity contribution in [2.75, 3.05) is 13.2 Å². The number of carbonyl (C=O) groups excluding carboxylic acids is 1. The van der Waals surface area contributed by atoms with E-state index >= 15 is 0 Å². The van der Waals surface area contributed by atoms with Gasteiger partial charge in [0.25, 0.3) is 0 Å². The Labute approximate surface area is 135 Å². The van der Waals surface area contributed by atoms with Crippen molar-refractivity contribution in [2.45, 2.75) is 38.7 Å². The number of amides is 1. The predicted octanol–water partition coefficient (Wildman–Crippen LogP) is 1.50. The summed E-state index contributed by atoms with van der Waals surface area (Å²) in [6.45, 7) is 2.05. The van der Waals surface area contributed by atoms with Gasteiger partial charge in [0, 0.05) is 13.0 Å². The van der Waals surface area contributed by atoms with Crippen molar-refractivity contribution in [2.24, 2.45) is 5.41 Å². The van der Waals surface area contributed by atoms with Crippen LogP contribution in [0.3, 0.4) is 0 Å². The molecule has 3 N–H and O–H groups in total. The number of nitrogens with one attached hydrogen (secondary N) is 1. The second kappa shape index (κ2) is 7.46. The fraction of sp³-hybridized carbons (Fsp3) is 0.529. The minimum absolute atomic E-state index is 0.0339. The van der Waals surface area contributed by atoms with E-state index in [0.717, 1.165) is 12.0 Å². The average Bonchev–Trinajstić information content (AvgIpc) is 2.46. The van der Waals surface area contributed by atoms with Crippen LogP contribution in [0.5, 0.6) is 5.75 Å². The smallest absolute Gasteiger partial charge is 0.310 e. The summed E-state index contributed by atoms with van der Waals surface area (Å²) in [5.74, 6) is -0.599. The summed E-state index contributed by atoms with van der Waals surface area (Å²) in [4.78, 5) is 23.1. The molecular formula is C17H23NO5. The lowest BCUT2D eigenvalue weighted by Gasteiger charge is -2.37. The van der Waals surface area contributed by atoms with E-state index < -0.39 is 17.5 Å². The highest BCUT2D eigenvalue weighted by molar-refractivity contribution is 5.85. The van der Waals surface area contributed by atoms with Crippen molar-refractivity contribution in [1.29, 1.82) is 0 Å². The van der Waals surface area contributed by atoms with E-state index in [-0.39, 0.29) is 25.5 Å². The highest BCUT2D eigenvalue weighted by Gasteiger charge is 2.45. The number of aliphatic carboxylic acids is 1. The third-order valence-corrected chi connectivity index (χ3v) is 4.23. The molecule has 126 valence electrons. The Kier molecular flexibility index (Phi) is 5.60. The molecule has 1 saturated carbocycles. The zero-order chi connectivity index (χ0) is 16.9. The molecule has 0 radical (unpaired) electrons. The van der Waals surface area contributed by atoms with Crippen molar-refractivity contribution in [1.82, 2.24) is 5.32 Å². The first kappa shape index (κ1) is 17.3. The van der Waals surface area contributed by atoms with Gasteiger partial charge >= 0.3 is 5.97 Å². The molecule has 1 atom stereocenters. The summed E-state index contributed by atoms with van der Waals surface area (Å²) in [6, 6.07) is 7.47. The van der Waals surface area contributed by atoms with E-state index in [2.05, 4.69) is 5.32 Å². The van der Waals surface area contributed by atoms with Crippen LogP contribution >= 0.6 is 0 Å². The summed E-state index contributed by atoms with van der Waals surface area (Å²) in [5.41, 5.74) is 0.150. The van der Waals surface area contributed by atoms with Gasteiger partial charge in [0.15, 0.2) is 0 Å². The predicted molar refractivity (Wildman–Crippen MR) is 84.2 cm³/mol. The van der Waals surface area contributed by atoms with Gasteiger partial charge < -0.3 is 20.3 Å². The number of carboxylic acid groups (broad SMARTS) is 1. The molecular weight excluding hydrogens is 298 g/mol. The van der Waals surface area contributed by atoms with Crippen LogP contribution in [0.25, 0.3) is 0 Å². The van der Waals surface area contributed by atoms with E-state index in [4.69, 9.17) is 4.74 Å². The second-order valence-electron chi connectivity index (χ2n) is 6.20. The Morgan fingerprint density at radius 3 is 2.70 bits per heavy atom. The maximum absolute atomic E-state index is 11.9. The topological polar surface area (TPSA) is 95.9 Å². The lowest BCUT2D eigenvalue weighted by atomic mass is 9.66. The second-order valence-corrected chi connectivity index (χ2v) is 6.20. The van der Waals surface area contributed by atoms with Crippen molar-refractivity contribution in [3.8, 4) is 5.75 Å². The molecule has 0 heterocycles. The summed E-state index contributed by atoms with van der Waals surface area (Å²) in [5, 5.41) is 21.6. The van der Waals surface area contributed by atoms with E-state index in [9.17, 15) is 19.8 Å². The first-order valence-corrected chi connectivity index (χ1v) is 7.79. The molecule has 1 aliphatic rings. The van der Waals surface area contributed by atoms with Crippen LogP contribution in [-0.2, 0) is 9.59 Å². The first-order valence-electron chi connectivity index (χ1n) is 7.79. The molecule has 1 aliphatic carbocycles. The molecule has 6 heteroatoms. The summed E-state index contributed by atoms with van der Waals surface area (Å²) in [7, 11) is 0. The maximum Gasteiger partial charge on any atom is 0.310 e. The molecule has 1 aromatic rings. The maximum atomic E-state index is 11.9. The molecule has 0 aromatic heterocycles. The fourth-order valence-corrected chi connectivity index (χ4v) is 2.63. The lowest BCUT2D eigenvalue weighted by molar-refractivity contribution is -0.157. The Morgan fingerprint density at radius 1 is 1.39 bits per heavy atom. The number of aliphatic hydroxyl groups excluding tert-OH is 1. The van der Waals surface area contributed by atoms with Gasteiger partial charge in [-0.1, -0.05) is 18.6 Å². The molecule has 1 aromatic carbocycles. The highest BCUT2D eigenvalue weighted by atomic mass is 16.5. The number of carboxylic acids is 1. The van der Waals surface area contributed by atoms with Gasteiger partial charge in [-0.05, 0) is 37.5 Å². The Balaban J connectivity index is 1.70. The molecule has 0 aliphatic heterocycles. The van der Waals surface area contributed by atoms with Gasteiger partial charge in [-0.25, -0.2) is 0 Å². The summed E-state index contributed by atoms with van der Waals surface area (Å²) < 4.78 is 5.46. The fourth-order valence-electron chi connectivity index (χ4n) is 2.63. The minimum Gasteiger partial charge on any atom is -0.491 e. The number of aryl methyl sites for hydroxylation is 1. The molecule has 23 heavy (non-hydrogen) atoms. The molecule has 0 saturated heterocycles. The standard InChI is InChI=1S/C17H23NO5/c1-12-4-2-5-14(8-12)23-11-13(19)10-18-15(20)9-17(16(21)22)6-3-7-17/h2,4-5,8,13,19H,3,6-7,9-11H2,1H3,(H,18,20)(H,21,22). The number of aliphatic hydroxyl groups is 1. The number of hydrogen-bond donors (Lipinski definition) is 3. The van der Waals surface area contributed by atoms with Crippen LogP contribution in [0.2, 0.25) is 0 Å². The highest BCUT2D eigenvalue weighted by Crippen LogP contribution is 2.44. The van der Waals surface area contributed by atoms with Gasteiger partial charge in [0.05, 0.1) is 5.41 Å². The Hall–Kier alpha value is -2.08. The molecule has 1 amide bonds. The van der Waals surface area contributed by atoms with Gasteiger partial charge in [0.2, 0.25) is 5.91 Å². The third-order valence-electron chi connectivity index (χ3n) is 4.23. The van der Waals surface area contributed by atoms with Crippen LogP contribution < -0.4 is 10.1 Å². The number of rotatable bonds is 8. The van der Waals surface area contributed by atoms with Crippen LogP contribution in [0.15, 0.2) is 24.3 Å². The van der Waals surface area contributed by atoms with Crippen molar-refractivity contribution in [3.63, 3.8) is 0 Å². The monoisotopic (exact) mass is 321 g/mol. The third kappa shape index (κ3) is 4.69. The van der Waals surface area contributed by atoms with Gasteiger partial charge in [-0.15, -0.1) is 0 Å². The Bertz CT molecular complexity index is 568.